The third kappa shape index (κ3) is 2.16. The van der Waals surface area contributed by atoms with Crippen LogP contribution in [0.4, 0.5) is 0 Å². The van der Waals surface area contributed by atoms with Gasteiger partial charge in [0.25, 0.3) is 0 Å². The lowest BCUT2D eigenvalue weighted by atomic mass is 9.98. The van der Waals surface area contributed by atoms with E-state index in [4.69, 9.17) is 0 Å². The second-order valence-electron chi connectivity index (χ2n) is 3.00. The second-order valence-corrected chi connectivity index (χ2v) is 3.86. The number of hydrogen-bond acceptors (Lipinski definition) is 2. The summed E-state index contributed by atoms with van der Waals surface area (Å²) in [5.41, 5.74) is 1.15. The maximum absolute atomic E-state index is 9.26. The third-order valence-electron chi connectivity index (χ3n) is 2.18. The molecule has 2 nitrogen and oxygen atoms in total. The van der Waals surface area contributed by atoms with Gasteiger partial charge in [-0.3, -0.25) is 0 Å². The van der Waals surface area contributed by atoms with E-state index in [1.54, 1.807) is 12.1 Å². The van der Waals surface area contributed by atoms with Crippen molar-refractivity contribution in [1.29, 1.82) is 0 Å². The lowest BCUT2D eigenvalue weighted by Crippen LogP contribution is -2.35. The fourth-order valence-corrected chi connectivity index (χ4v) is 1.88. The quantitative estimate of drug-likeness (QED) is 0.817. The molecule has 1 fully saturated rings. The minimum absolute atomic E-state index is 0. The van der Waals surface area contributed by atoms with Crippen LogP contribution in [0.3, 0.4) is 0 Å². The van der Waals surface area contributed by atoms with Crippen LogP contribution < -0.4 is 5.32 Å². The molecule has 0 bridgehead atoms. The van der Waals surface area contributed by atoms with Crippen molar-refractivity contribution >= 4 is 28.3 Å². The van der Waals surface area contributed by atoms with Gasteiger partial charge in [-0.1, -0.05) is 15.9 Å². The van der Waals surface area contributed by atoms with Crippen LogP contribution in [0.5, 0.6) is 5.75 Å². The number of rotatable bonds is 1. The van der Waals surface area contributed by atoms with Gasteiger partial charge in [0.1, 0.15) is 5.75 Å². The summed E-state index contributed by atoms with van der Waals surface area (Å²) in [6.45, 7) is 1.08. The molecule has 0 aromatic heterocycles. The molecule has 0 saturated carbocycles. The number of nitrogens with one attached hydrogen (secondary N) is 1. The van der Waals surface area contributed by atoms with E-state index in [-0.39, 0.29) is 12.4 Å². The van der Waals surface area contributed by atoms with Gasteiger partial charge in [0, 0.05) is 10.5 Å². The predicted octanol–water partition coefficient (Wildman–Crippen LogP) is 2.61. The van der Waals surface area contributed by atoms with E-state index in [1.807, 2.05) is 6.07 Å². The standard InChI is InChI=1S/C9H10BrNO.ClH/c10-8-2-1-6(12)5-7(8)9-3-4-11-9;/h1-2,5,9,11-12H,3-4H2;1H/t9-;/m1./s1. The number of halogens is 2. The minimum atomic E-state index is 0. The molecule has 1 saturated heterocycles. The van der Waals surface area contributed by atoms with Gasteiger partial charge in [0.2, 0.25) is 0 Å². The summed E-state index contributed by atoms with van der Waals surface area (Å²) < 4.78 is 1.07. The molecule has 0 radical (unpaired) electrons. The predicted molar refractivity (Wildman–Crippen MR) is 58.4 cm³/mol. The Balaban J connectivity index is 0.000000845. The second kappa shape index (κ2) is 4.31. The lowest BCUT2D eigenvalue weighted by molar-refractivity contribution is 0.379. The maximum Gasteiger partial charge on any atom is 0.115 e. The Labute approximate surface area is 91.9 Å². The Morgan fingerprint density at radius 2 is 2.15 bits per heavy atom. The summed E-state index contributed by atoms with van der Waals surface area (Å²) in [7, 11) is 0. The molecular formula is C9H11BrClNO. The Morgan fingerprint density at radius 1 is 1.46 bits per heavy atom. The summed E-state index contributed by atoms with van der Waals surface area (Å²) in [5, 5.41) is 12.5. The molecule has 1 atom stereocenters. The number of benzene rings is 1. The molecule has 2 N–H and O–H groups in total. The third-order valence-corrected chi connectivity index (χ3v) is 2.90. The van der Waals surface area contributed by atoms with Crippen LogP contribution in [0.25, 0.3) is 0 Å². The number of aromatic hydroxyl groups is 1. The molecule has 0 unspecified atom stereocenters. The van der Waals surface area contributed by atoms with Gasteiger partial charge in [0.15, 0.2) is 0 Å². The minimum Gasteiger partial charge on any atom is -0.508 e. The van der Waals surface area contributed by atoms with Crippen LogP contribution in [0.15, 0.2) is 22.7 Å². The van der Waals surface area contributed by atoms with Crippen LogP contribution >= 0.6 is 28.3 Å². The van der Waals surface area contributed by atoms with E-state index in [0.29, 0.717) is 11.8 Å². The largest absolute Gasteiger partial charge is 0.508 e. The fourth-order valence-electron chi connectivity index (χ4n) is 1.35. The van der Waals surface area contributed by atoms with Crippen molar-refractivity contribution < 1.29 is 5.11 Å². The molecule has 0 spiro atoms. The summed E-state index contributed by atoms with van der Waals surface area (Å²) in [6, 6.07) is 5.80. The molecule has 1 aliphatic heterocycles. The van der Waals surface area contributed by atoms with E-state index in [1.165, 1.54) is 0 Å². The Kier molecular flexibility index (Phi) is 3.59. The van der Waals surface area contributed by atoms with Gasteiger partial charge in [0.05, 0.1) is 0 Å². The van der Waals surface area contributed by atoms with Crippen molar-refractivity contribution in [2.45, 2.75) is 12.5 Å². The molecule has 13 heavy (non-hydrogen) atoms. The van der Waals surface area contributed by atoms with Gasteiger partial charge >= 0.3 is 0 Å². The van der Waals surface area contributed by atoms with E-state index < -0.39 is 0 Å². The van der Waals surface area contributed by atoms with Crippen molar-refractivity contribution in [1.82, 2.24) is 5.32 Å². The zero-order valence-corrected chi connectivity index (χ0v) is 9.36. The first-order valence-corrected chi connectivity index (χ1v) is 4.78. The van der Waals surface area contributed by atoms with Crippen molar-refractivity contribution in [3.05, 3.63) is 28.2 Å². The smallest absolute Gasteiger partial charge is 0.115 e. The first-order valence-electron chi connectivity index (χ1n) is 3.99. The normalized spacial score (nSPS) is 20.2. The van der Waals surface area contributed by atoms with Crippen LogP contribution in [0, 0.1) is 0 Å². The lowest BCUT2D eigenvalue weighted by Gasteiger charge is -2.28. The number of hydrogen-bond donors (Lipinski definition) is 2. The summed E-state index contributed by atoms with van der Waals surface area (Å²) in [5.74, 6) is 0.335. The molecule has 72 valence electrons. The van der Waals surface area contributed by atoms with E-state index in [0.717, 1.165) is 23.0 Å². The highest BCUT2D eigenvalue weighted by molar-refractivity contribution is 9.10. The highest BCUT2D eigenvalue weighted by Crippen LogP contribution is 2.31. The van der Waals surface area contributed by atoms with E-state index in [2.05, 4.69) is 21.2 Å². The average Bonchev–Trinajstić information content (AvgIpc) is 1.93. The van der Waals surface area contributed by atoms with E-state index in [9.17, 15) is 5.11 Å². The van der Waals surface area contributed by atoms with Crippen molar-refractivity contribution in [2.24, 2.45) is 0 Å². The van der Waals surface area contributed by atoms with Crippen LogP contribution in [-0.4, -0.2) is 11.7 Å². The SMILES string of the molecule is Cl.Oc1ccc(Br)c([C@H]2CCN2)c1. The van der Waals surface area contributed by atoms with Gasteiger partial charge in [-0.05, 0) is 36.7 Å². The summed E-state index contributed by atoms with van der Waals surface area (Å²) in [6.07, 6.45) is 1.15. The molecule has 2 rings (SSSR count). The van der Waals surface area contributed by atoms with Crippen LogP contribution in [0.1, 0.15) is 18.0 Å². The van der Waals surface area contributed by atoms with Gasteiger partial charge in [-0.25, -0.2) is 0 Å². The van der Waals surface area contributed by atoms with Gasteiger partial charge in [-0.2, -0.15) is 0 Å². The van der Waals surface area contributed by atoms with Crippen molar-refractivity contribution in [2.75, 3.05) is 6.54 Å². The fraction of sp³-hybridized carbons (Fsp3) is 0.333. The van der Waals surface area contributed by atoms with E-state index >= 15 is 0 Å². The monoisotopic (exact) mass is 263 g/mol. The Bertz CT molecular complexity index is 302. The molecule has 1 aliphatic rings. The molecule has 4 heteroatoms. The average molecular weight is 265 g/mol. The van der Waals surface area contributed by atoms with Crippen LogP contribution in [-0.2, 0) is 0 Å². The first kappa shape index (κ1) is 10.8. The highest BCUT2D eigenvalue weighted by atomic mass is 79.9. The Hall–Kier alpha value is -0.250. The molecular weight excluding hydrogens is 253 g/mol. The molecule has 0 aliphatic carbocycles. The van der Waals surface area contributed by atoms with Crippen molar-refractivity contribution in [3.63, 3.8) is 0 Å². The topological polar surface area (TPSA) is 32.3 Å². The zero-order valence-electron chi connectivity index (χ0n) is 6.96. The number of phenolic OH excluding ortho intramolecular Hbond substituents is 1. The zero-order chi connectivity index (χ0) is 8.55. The molecule has 1 aromatic rings. The Morgan fingerprint density at radius 3 is 2.69 bits per heavy atom. The first-order chi connectivity index (χ1) is 5.77. The number of phenols is 1. The summed E-state index contributed by atoms with van der Waals surface area (Å²) >= 11 is 3.45. The summed E-state index contributed by atoms with van der Waals surface area (Å²) in [4.78, 5) is 0. The molecule has 0 amide bonds. The maximum atomic E-state index is 9.26. The molecule has 1 heterocycles. The van der Waals surface area contributed by atoms with Crippen molar-refractivity contribution in [3.8, 4) is 5.75 Å². The van der Waals surface area contributed by atoms with Gasteiger partial charge in [-0.15, -0.1) is 12.4 Å². The molecule has 1 aromatic carbocycles. The highest BCUT2D eigenvalue weighted by Gasteiger charge is 2.20. The van der Waals surface area contributed by atoms with Crippen LogP contribution in [0.2, 0.25) is 0 Å². The van der Waals surface area contributed by atoms with Gasteiger partial charge < -0.3 is 10.4 Å².